The molecule has 2 saturated heterocycles. The minimum absolute atomic E-state index is 0.0786. The number of aliphatic hydroxyl groups is 4. The molecule has 54 heavy (non-hydrogen) atoms. The van der Waals surface area contributed by atoms with Gasteiger partial charge < -0.3 is 70.6 Å². The monoisotopic (exact) mass is 833 g/mol. The van der Waals surface area contributed by atoms with Crippen molar-refractivity contribution in [2.75, 3.05) is 18.9 Å². The SMILES string of the molecule is CC(O)C(=O)O[C@@]1(COP(=O)(O)OP(=O)(O)OC[C@H]2O[C@@H](N3C=CCC(C(N)=O)=C3)[C@H](O)[C@@H]2O)O[C@@H](n2cnc3c(N)ncnc32)[C@H](OP(=O)(O)O)[C@H]1O. The topological polar surface area (TPSA) is 411 Å². The fraction of sp³-hybridized carbons (Fsp3) is 0.542. The summed E-state index contributed by atoms with van der Waals surface area (Å²) in [4.78, 5) is 76.8. The van der Waals surface area contributed by atoms with Crippen molar-refractivity contribution in [2.24, 2.45) is 5.73 Å². The summed E-state index contributed by atoms with van der Waals surface area (Å²) in [6.45, 7) is -1.79. The van der Waals surface area contributed by atoms with E-state index in [9.17, 15) is 63.3 Å². The molecule has 12 N–H and O–H groups in total. The second-order valence-electron chi connectivity index (χ2n) is 11.7. The third-order valence-electron chi connectivity index (χ3n) is 7.80. The summed E-state index contributed by atoms with van der Waals surface area (Å²) in [6, 6.07) is 0. The maximum absolute atomic E-state index is 12.9. The number of hydrogen-bond donors (Lipinski definition) is 10. The molecule has 3 aliphatic rings. The van der Waals surface area contributed by atoms with E-state index in [1.807, 2.05) is 0 Å². The second kappa shape index (κ2) is 15.7. The third-order valence-corrected chi connectivity index (χ3v) is 10.9. The predicted molar refractivity (Wildman–Crippen MR) is 169 cm³/mol. The highest BCUT2D eigenvalue weighted by Crippen LogP contribution is 2.61. The van der Waals surface area contributed by atoms with Crippen LogP contribution in [0.4, 0.5) is 5.82 Å². The molecule has 0 bridgehead atoms. The molecule has 0 spiro atoms. The van der Waals surface area contributed by atoms with E-state index in [1.54, 1.807) is 0 Å². The average molecular weight is 833 g/mol. The van der Waals surface area contributed by atoms with Crippen molar-refractivity contribution in [3.05, 3.63) is 36.7 Å². The molecule has 2 fully saturated rings. The number of phosphoric ester groups is 3. The van der Waals surface area contributed by atoms with Crippen molar-refractivity contribution >= 4 is 52.3 Å². The van der Waals surface area contributed by atoms with E-state index in [4.69, 9.17) is 34.7 Å². The summed E-state index contributed by atoms with van der Waals surface area (Å²) in [5, 5.41) is 42.0. The fourth-order valence-corrected chi connectivity index (χ4v) is 7.94. The number of aromatic nitrogens is 4. The summed E-state index contributed by atoms with van der Waals surface area (Å²) < 4.78 is 73.1. The second-order valence-corrected chi connectivity index (χ2v) is 15.9. The first-order valence-electron chi connectivity index (χ1n) is 15.1. The van der Waals surface area contributed by atoms with Crippen molar-refractivity contribution in [1.29, 1.82) is 0 Å². The van der Waals surface area contributed by atoms with Crippen molar-refractivity contribution in [3.8, 4) is 0 Å². The Balaban J connectivity index is 1.32. The summed E-state index contributed by atoms with van der Waals surface area (Å²) in [5.74, 6) is -5.64. The van der Waals surface area contributed by atoms with Gasteiger partial charge >= 0.3 is 29.4 Å². The van der Waals surface area contributed by atoms with Gasteiger partial charge in [0.2, 0.25) is 5.91 Å². The third kappa shape index (κ3) is 9.21. The quantitative estimate of drug-likeness (QED) is 0.0620. The standard InChI is InChI=1S/C24H34N7O20P3/c1-10(32)23(37)49-24(17(35)16(50-52(38,39)40)22(48-24)31-9-29-13-18(25)27-8-28-20(13)31)7-46-54(43,44)51-53(41,42)45-6-12-14(33)15(34)21(47-12)30-4-2-3-11(5-30)19(26)36/h2,4-5,8-10,12,14-17,21-22,32-35H,3,6-7H2,1H3,(H2,26,36)(H,41,42)(H,43,44)(H2,25,27,28)(H2,38,39,40)/t10?,12-,14-,15-,16-,17-,21-,22-,24-/m1/s1. The van der Waals surface area contributed by atoms with Crippen LogP contribution in [0.2, 0.25) is 0 Å². The molecule has 2 aromatic rings. The zero-order valence-corrected chi connectivity index (χ0v) is 30.0. The Morgan fingerprint density at radius 1 is 1.06 bits per heavy atom. The molecule has 300 valence electrons. The van der Waals surface area contributed by atoms with E-state index in [-0.39, 0.29) is 29.0 Å². The number of esters is 1. The molecule has 30 heteroatoms. The maximum Gasteiger partial charge on any atom is 0.481 e. The number of nitrogens with zero attached hydrogens (tertiary/aromatic N) is 5. The highest BCUT2D eigenvalue weighted by molar-refractivity contribution is 7.61. The molecular weight excluding hydrogens is 799 g/mol. The number of ether oxygens (including phenoxy) is 3. The van der Waals surface area contributed by atoms with Gasteiger partial charge in [0.05, 0.1) is 12.9 Å². The number of rotatable bonds is 15. The van der Waals surface area contributed by atoms with Crippen molar-refractivity contribution < 1.29 is 95.4 Å². The first kappa shape index (κ1) is 41.9. The lowest BCUT2D eigenvalue weighted by Crippen LogP contribution is -2.51. The number of anilines is 1. The minimum Gasteiger partial charge on any atom is -0.425 e. The minimum atomic E-state index is -5.88. The van der Waals surface area contributed by atoms with Crippen molar-refractivity contribution in [2.45, 2.75) is 68.2 Å². The maximum atomic E-state index is 12.9. The van der Waals surface area contributed by atoms with Crippen LogP contribution < -0.4 is 11.5 Å². The van der Waals surface area contributed by atoms with Gasteiger partial charge in [-0.15, -0.1) is 0 Å². The van der Waals surface area contributed by atoms with Gasteiger partial charge in [0.25, 0.3) is 5.79 Å². The Kier molecular flexibility index (Phi) is 12.2. The molecular formula is C24H34N7O20P3. The van der Waals surface area contributed by atoms with Gasteiger partial charge in [-0.25, -0.2) is 33.4 Å². The zero-order valence-electron chi connectivity index (χ0n) is 27.3. The Labute approximate surface area is 301 Å². The van der Waals surface area contributed by atoms with E-state index in [2.05, 4.69) is 23.8 Å². The average Bonchev–Trinajstić information content (AvgIpc) is 3.71. The molecule has 0 radical (unpaired) electrons. The van der Waals surface area contributed by atoms with Gasteiger partial charge in [0.15, 0.2) is 30.0 Å². The number of hydrogen-bond acceptors (Lipinski definition) is 21. The first-order chi connectivity index (χ1) is 25.0. The number of nitrogen functional groups attached to an aromatic ring is 1. The lowest BCUT2D eigenvalue weighted by atomic mass is 10.1. The number of nitrogens with two attached hydrogens (primary N) is 2. The van der Waals surface area contributed by atoms with Gasteiger partial charge in [-0.1, -0.05) is 6.08 Å². The Morgan fingerprint density at radius 3 is 2.39 bits per heavy atom. The van der Waals surface area contributed by atoms with Gasteiger partial charge in [-0.2, -0.15) is 4.31 Å². The van der Waals surface area contributed by atoms with Gasteiger partial charge in [-0.3, -0.25) is 22.9 Å². The number of primary amides is 1. The van der Waals surface area contributed by atoms with Crippen LogP contribution in [0, 0.1) is 0 Å². The highest BCUT2D eigenvalue weighted by Gasteiger charge is 2.62. The molecule has 11 atom stereocenters. The van der Waals surface area contributed by atoms with E-state index >= 15 is 0 Å². The van der Waals surface area contributed by atoms with Crippen molar-refractivity contribution in [3.63, 3.8) is 0 Å². The molecule has 3 aliphatic heterocycles. The zero-order chi connectivity index (χ0) is 40.0. The molecule has 0 aliphatic carbocycles. The number of carbonyl (C=O) groups is 2. The van der Waals surface area contributed by atoms with Crippen LogP contribution in [0.1, 0.15) is 19.6 Å². The Morgan fingerprint density at radius 2 is 1.74 bits per heavy atom. The fourth-order valence-electron chi connectivity index (χ4n) is 5.31. The van der Waals surface area contributed by atoms with Crippen LogP contribution in [0.3, 0.4) is 0 Å². The number of carbonyl (C=O) groups excluding carboxylic acids is 2. The number of fused-ring (bicyclic) bond motifs is 1. The van der Waals surface area contributed by atoms with Crippen LogP contribution in [0.25, 0.3) is 11.2 Å². The normalized spacial score (nSPS) is 31.5. The van der Waals surface area contributed by atoms with E-state index < -0.39 is 103 Å². The smallest absolute Gasteiger partial charge is 0.425 e. The van der Waals surface area contributed by atoms with Gasteiger partial charge in [0.1, 0.15) is 49.0 Å². The summed E-state index contributed by atoms with van der Waals surface area (Å²) >= 11 is 0. The molecule has 5 heterocycles. The van der Waals surface area contributed by atoms with E-state index in [0.717, 1.165) is 24.1 Å². The number of aliphatic hydroxyl groups excluding tert-OH is 4. The summed E-state index contributed by atoms with van der Waals surface area (Å²) in [6.07, 6.45) is -8.90. The largest absolute Gasteiger partial charge is 0.481 e. The molecule has 5 rings (SSSR count). The lowest BCUT2D eigenvalue weighted by molar-refractivity contribution is -0.271. The first-order valence-corrected chi connectivity index (χ1v) is 19.6. The highest BCUT2D eigenvalue weighted by atomic mass is 31.3. The van der Waals surface area contributed by atoms with Gasteiger partial charge in [0, 0.05) is 18.0 Å². The molecule has 27 nitrogen and oxygen atoms in total. The van der Waals surface area contributed by atoms with Crippen LogP contribution in [0.5, 0.6) is 0 Å². The van der Waals surface area contributed by atoms with Crippen molar-refractivity contribution in [1.82, 2.24) is 24.4 Å². The Hall–Kier alpha value is -3.30. The molecule has 2 aromatic heterocycles. The molecule has 0 aromatic carbocycles. The lowest BCUT2D eigenvalue weighted by Gasteiger charge is -2.32. The number of amides is 1. The molecule has 0 saturated carbocycles. The number of phosphoric acid groups is 3. The molecule has 1 amide bonds. The van der Waals surface area contributed by atoms with Crippen LogP contribution in [0.15, 0.2) is 36.7 Å². The van der Waals surface area contributed by atoms with Crippen LogP contribution in [-0.4, -0.2) is 138 Å². The predicted octanol–water partition coefficient (Wildman–Crippen LogP) is -3.32. The molecule has 3 unspecified atom stereocenters. The number of imidazole rings is 1. The van der Waals surface area contributed by atoms with Crippen LogP contribution in [-0.2, 0) is 55.4 Å². The van der Waals surface area contributed by atoms with E-state index in [0.29, 0.717) is 0 Å². The summed E-state index contributed by atoms with van der Waals surface area (Å²) in [5.41, 5.74) is 10.9. The number of allylic oxidation sites excluding steroid dienone is 1. The van der Waals surface area contributed by atoms with Gasteiger partial charge in [-0.05, 0) is 13.3 Å². The Bertz CT molecular complexity index is 1960. The van der Waals surface area contributed by atoms with Crippen LogP contribution >= 0.6 is 23.5 Å². The van der Waals surface area contributed by atoms with E-state index in [1.165, 1.54) is 23.4 Å². The summed E-state index contributed by atoms with van der Waals surface area (Å²) in [7, 11) is -17.1.